The van der Waals surface area contributed by atoms with Crippen molar-refractivity contribution in [1.29, 1.82) is 0 Å². The van der Waals surface area contributed by atoms with Crippen LogP contribution in [0.25, 0.3) is 0 Å². The summed E-state index contributed by atoms with van der Waals surface area (Å²) in [5.74, 6) is 1.31. The third-order valence-corrected chi connectivity index (χ3v) is 3.27. The molecule has 0 fully saturated rings. The van der Waals surface area contributed by atoms with E-state index in [-0.39, 0.29) is 0 Å². The van der Waals surface area contributed by atoms with Gasteiger partial charge in [0.25, 0.3) is 0 Å². The lowest BCUT2D eigenvalue weighted by Crippen LogP contribution is -2.33. The molecule has 1 atom stereocenters. The van der Waals surface area contributed by atoms with Gasteiger partial charge in [-0.3, -0.25) is 0 Å². The molecule has 3 heteroatoms. The molecule has 0 rings (SSSR count). The van der Waals surface area contributed by atoms with E-state index in [0.29, 0.717) is 6.04 Å². The first-order valence-corrected chi connectivity index (χ1v) is 7.45. The number of methoxy groups -OCH3 is 1. The fourth-order valence-corrected chi connectivity index (χ4v) is 2.05. The first-order chi connectivity index (χ1) is 7.35. The number of rotatable bonds is 11. The molecule has 0 spiro atoms. The van der Waals surface area contributed by atoms with E-state index in [0.717, 1.165) is 19.6 Å². The zero-order valence-electron chi connectivity index (χ0n) is 10.6. The number of thioether (sulfide) groups is 1. The van der Waals surface area contributed by atoms with Crippen LogP contribution in [0.2, 0.25) is 0 Å². The predicted octanol–water partition coefficient (Wildman–Crippen LogP) is 2.92. The van der Waals surface area contributed by atoms with Crippen LogP contribution in [-0.4, -0.2) is 38.3 Å². The lowest BCUT2D eigenvalue weighted by molar-refractivity contribution is 0.164. The van der Waals surface area contributed by atoms with E-state index in [4.69, 9.17) is 4.74 Å². The Labute approximate surface area is 99.5 Å². The average molecular weight is 233 g/mol. The van der Waals surface area contributed by atoms with E-state index in [9.17, 15) is 0 Å². The molecule has 1 N–H and O–H groups in total. The van der Waals surface area contributed by atoms with Gasteiger partial charge in [-0.1, -0.05) is 19.8 Å². The molecule has 0 aromatic carbocycles. The van der Waals surface area contributed by atoms with E-state index in [1.54, 1.807) is 7.11 Å². The third-order valence-electron chi connectivity index (χ3n) is 2.57. The number of hydrogen-bond acceptors (Lipinski definition) is 3. The SMILES string of the molecule is CCC(COC)NCCCCCCSC. The van der Waals surface area contributed by atoms with Gasteiger partial charge in [0.15, 0.2) is 0 Å². The fraction of sp³-hybridized carbons (Fsp3) is 1.00. The smallest absolute Gasteiger partial charge is 0.0615 e. The van der Waals surface area contributed by atoms with Crippen molar-refractivity contribution in [3.8, 4) is 0 Å². The summed E-state index contributed by atoms with van der Waals surface area (Å²) >= 11 is 1.95. The molecule has 92 valence electrons. The quantitative estimate of drug-likeness (QED) is 0.554. The first-order valence-electron chi connectivity index (χ1n) is 6.06. The number of unbranched alkanes of at least 4 members (excludes halogenated alkanes) is 3. The molecule has 1 unspecified atom stereocenters. The lowest BCUT2D eigenvalue weighted by atomic mass is 10.2. The third kappa shape index (κ3) is 10.6. The minimum absolute atomic E-state index is 0.543. The molecule has 0 radical (unpaired) electrons. The highest BCUT2D eigenvalue weighted by Gasteiger charge is 2.02. The maximum Gasteiger partial charge on any atom is 0.0615 e. The van der Waals surface area contributed by atoms with Gasteiger partial charge in [0.05, 0.1) is 6.61 Å². The molecule has 0 aromatic rings. The van der Waals surface area contributed by atoms with Crippen molar-refractivity contribution in [2.75, 3.05) is 32.3 Å². The van der Waals surface area contributed by atoms with E-state index >= 15 is 0 Å². The van der Waals surface area contributed by atoms with Gasteiger partial charge in [-0.25, -0.2) is 0 Å². The summed E-state index contributed by atoms with van der Waals surface area (Å²) in [5, 5.41) is 3.53. The van der Waals surface area contributed by atoms with Crippen LogP contribution in [0.1, 0.15) is 39.0 Å². The number of ether oxygens (including phenoxy) is 1. The highest BCUT2D eigenvalue weighted by atomic mass is 32.2. The molecule has 2 nitrogen and oxygen atoms in total. The monoisotopic (exact) mass is 233 g/mol. The minimum Gasteiger partial charge on any atom is -0.383 e. The van der Waals surface area contributed by atoms with Crippen molar-refractivity contribution in [1.82, 2.24) is 5.32 Å². The second kappa shape index (κ2) is 12.3. The summed E-state index contributed by atoms with van der Waals surface area (Å²) in [6, 6.07) is 0.543. The molecular formula is C12H27NOS. The van der Waals surface area contributed by atoms with Crippen LogP contribution < -0.4 is 5.32 Å². The van der Waals surface area contributed by atoms with Gasteiger partial charge in [0.1, 0.15) is 0 Å². The van der Waals surface area contributed by atoms with Crippen LogP contribution in [0.5, 0.6) is 0 Å². The van der Waals surface area contributed by atoms with Crippen molar-refractivity contribution >= 4 is 11.8 Å². The van der Waals surface area contributed by atoms with Gasteiger partial charge in [0.2, 0.25) is 0 Å². The Balaban J connectivity index is 3.14. The van der Waals surface area contributed by atoms with Gasteiger partial charge in [0, 0.05) is 13.2 Å². The van der Waals surface area contributed by atoms with Crippen LogP contribution in [-0.2, 0) is 4.74 Å². The van der Waals surface area contributed by atoms with Gasteiger partial charge in [-0.15, -0.1) is 0 Å². The Morgan fingerprint density at radius 3 is 2.53 bits per heavy atom. The van der Waals surface area contributed by atoms with Gasteiger partial charge < -0.3 is 10.1 Å². The second-order valence-corrected chi connectivity index (χ2v) is 4.91. The zero-order valence-corrected chi connectivity index (χ0v) is 11.4. The summed E-state index contributed by atoms with van der Waals surface area (Å²) < 4.78 is 5.14. The van der Waals surface area contributed by atoms with Crippen molar-refractivity contribution < 1.29 is 4.74 Å². The molecule has 0 aromatic heterocycles. The number of hydrogen-bond donors (Lipinski definition) is 1. The zero-order chi connectivity index (χ0) is 11.4. The topological polar surface area (TPSA) is 21.3 Å². The van der Waals surface area contributed by atoms with Crippen LogP contribution >= 0.6 is 11.8 Å². The van der Waals surface area contributed by atoms with E-state index in [1.165, 1.54) is 31.4 Å². The summed E-state index contributed by atoms with van der Waals surface area (Å²) in [7, 11) is 1.77. The van der Waals surface area contributed by atoms with Gasteiger partial charge >= 0.3 is 0 Å². The molecule has 0 saturated carbocycles. The first kappa shape index (κ1) is 15.3. The van der Waals surface area contributed by atoms with Crippen molar-refractivity contribution in [3.63, 3.8) is 0 Å². The molecule has 0 amide bonds. The van der Waals surface area contributed by atoms with E-state index < -0.39 is 0 Å². The van der Waals surface area contributed by atoms with Crippen LogP contribution in [0.4, 0.5) is 0 Å². The molecule has 0 aliphatic carbocycles. The summed E-state index contributed by atoms with van der Waals surface area (Å²) in [6.45, 7) is 4.18. The van der Waals surface area contributed by atoms with Crippen molar-refractivity contribution in [3.05, 3.63) is 0 Å². The molecule has 15 heavy (non-hydrogen) atoms. The summed E-state index contributed by atoms with van der Waals surface area (Å²) in [4.78, 5) is 0. The predicted molar refractivity (Wildman–Crippen MR) is 70.8 cm³/mol. The Bertz CT molecular complexity index is 122. The van der Waals surface area contributed by atoms with Gasteiger partial charge in [-0.2, -0.15) is 11.8 Å². The van der Waals surface area contributed by atoms with Crippen molar-refractivity contribution in [2.45, 2.75) is 45.1 Å². The second-order valence-electron chi connectivity index (χ2n) is 3.92. The standard InChI is InChI=1S/C12H27NOS/c1-4-12(11-14-2)13-9-7-5-6-8-10-15-3/h12-13H,4-11H2,1-3H3. The molecule has 0 heterocycles. The van der Waals surface area contributed by atoms with Gasteiger partial charge in [-0.05, 0) is 37.8 Å². The summed E-state index contributed by atoms with van der Waals surface area (Å²) in [6.07, 6.45) is 8.74. The van der Waals surface area contributed by atoms with Crippen LogP contribution in [0, 0.1) is 0 Å². The van der Waals surface area contributed by atoms with Crippen LogP contribution in [0.3, 0.4) is 0 Å². The fourth-order valence-electron chi connectivity index (χ4n) is 1.55. The maximum atomic E-state index is 5.14. The maximum absolute atomic E-state index is 5.14. The molecule has 0 saturated heterocycles. The Morgan fingerprint density at radius 1 is 1.20 bits per heavy atom. The van der Waals surface area contributed by atoms with Crippen molar-refractivity contribution in [2.24, 2.45) is 0 Å². The minimum atomic E-state index is 0.543. The molecule has 0 aliphatic rings. The normalized spacial score (nSPS) is 13.0. The summed E-state index contributed by atoms with van der Waals surface area (Å²) in [5.41, 5.74) is 0. The average Bonchev–Trinajstić information content (AvgIpc) is 2.26. The number of nitrogens with one attached hydrogen (secondary N) is 1. The highest BCUT2D eigenvalue weighted by molar-refractivity contribution is 7.98. The lowest BCUT2D eigenvalue weighted by Gasteiger charge is -2.15. The largest absolute Gasteiger partial charge is 0.383 e. The molecule has 0 aliphatic heterocycles. The Morgan fingerprint density at radius 2 is 1.93 bits per heavy atom. The van der Waals surface area contributed by atoms with E-state index in [1.807, 2.05) is 11.8 Å². The Hall–Kier alpha value is 0.270. The molecule has 0 bridgehead atoms. The molecular weight excluding hydrogens is 206 g/mol. The Kier molecular flexibility index (Phi) is 12.6. The highest BCUT2D eigenvalue weighted by Crippen LogP contribution is 2.04. The van der Waals surface area contributed by atoms with Crippen LogP contribution in [0.15, 0.2) is 0 Å². The van der Waals surface area contributed by atoms with E-state index in [2.05, 4.69) is 18.5 Å².